The Hall–Kier alpha value is -1.69. The first-order chi connectivity index (χ1) is 7.99. The van der Waals surface area contributed by atoms with Crippen molar-refractivity contribution in [2.75, 3.05) is 11.4 Å². The zero-order valence-corrected chi connectivity index (χ0v) is 9.35. The Kier molecular flexibility index (Phi) is 2.97. The number of halogens is 2. The minimum absolute atomic E-state index is 0.0313. The van der Waals surface area contributed by atoms with Crippen molar-refractivity contribution in [3.8, 4) is 0 Å². The van der Waals surface area contributed by atoms with Crippen LogP contribution in [0.5, 0.6) is 0 Å². The van der Waals surface area contributed by atoms with Crippen LogP contribution < -0.4 is 4.90 Å². The number of hydrogen-bond donors (Lipinski definition) is 0. The molecule has 7 heteroatoms. The van der Waals surface area contributed by atoms with E-state index in [1.807, 2.05) is 0 Å². The van der Waals surface area contributed by atoms with Crippen LogP contribution >= 0.6 is 11.6 Å². The van der Waals surface area contributed by atoms with Gasteiger partial charge < -0.3 is 4.90 Å². The zero-order chi connectivity index (χ0) is 12.6. The van der Waals surface area contributed by atoms with Gasteiger partial charge in [-0.25, -0.2) is 4.39 Å². The first-order valence-electron chi connectivity index (χ1n) is 4.87. The van der Waals surface area contributed by atoms with Crippen LogP contribution in [-0.4, -0.2) is 22.8 Å². The highest BCUT2D eigenvalue weighted by atomic mass is 35.5. The Morgan fingerprint density at radius 3 is 2.71 bits per heavy atom. The molecular formula is C10H8ClFN2O3. The van der Waals surface area contributed by atoms with Crippen molar-refractivity contribution in [2.45, 2.75) is 11.8 Å². The summed E-state index contributed by atoms with van der Waals surface area (Å²) in [7, 11) is 0. The number of nitro benzene ring substituents is 1. The second-order valence-corrected chi connectivity index (χ2v) is 4.32. The number of alkyl halides is 1. The quantitative estimate of drug-likeness (QED) is 0.463. The Bertz CT molecular complexity index is 494. The maximum atomic E-state index is 13.6. The maximum absolute atomic E-state index is 13.6. The van der Waals surface area contributed by atoms with Crippen molar-refractivity contribution in [1.29, 1.82) is 0 Å². The fourth-order valence-corrected chi connectivity index (χ4v) is 2.00. The van der Waals surface area contributed by atoms with Gasteiger partial charge in [-0.15, -0.1) is 11.6 Å². The fourth-order valence-electron chi connectivity index (χ4n) is 1.73. The number of hydrogen-bond acceptors (Lipinski definition) is 3. The molecule has 5 nitrogen and oxygen atoms in total. The highest BCUT2D eigenvalue weighted by Crippen LogP contribution is 2.28. The summed E-state index contributed by atoms with van der Waals surface area (Å²) in [5.74, 6) is -1.07. The minimum atomic E-state index is -0.793. The van der Waals surface area contributed by atoms with Gasteiger partial charge in [-0.05, 0) is 6.07 Å². The lowest BCUT2D eigenvalue weighted by molar-refractivity contribution is -0.385. The number of nitrogens with zero attached hydrogens (tertiary/aromatic N) is 2. The SMILES string of the molecule is O=C1CC(Cl)CN1c1ccc([N+](=O)[O-])cc1F. The Balaban J connectivity index is 2.34. The van der Waals surface area contributed by atoms with Gasteiger partial charge in [0.05, 0.1) is 22.1 Å². The summed E-state index contributed by atoms with van der Waals surface area (Å²) >= 11 is 5.79. The molecule has 17 heavy (non-hydrogen) atoms. The van der Waals surface area contributed by atoms with E-state index in [0.29, 0.717) is 0 Å². The highest BCUT2D eigenvalue weighted by molar-refractivity contribution is 6.24. The third kappa shape index (κ3) is 2.21. The molecule has 0 spiro atoms. The van der Waals surface area contributed by atoms with Crippen LogP contribution in [0, 0.1) is 15.9 Å². The van der Waals surface area contributed by atoms with E-state index in [0.717, 1.165) is 12.1 Å². The summed E-state index contributed by atoms with van der Waals surface area (Å²) in [6.07, 6.45) is 0.151. The predicted molar refractivity (Wildman–Crippen MR) is 59.7 cm³/mol. The zero-order valence-electron chi connectivity index (χ0n) is 8.60. The van der Waals surface area contributed by atoms with Gasteiger partial charge in [-0.2, -0.15) is 0 Å². The molecule has 0 radical (unpaired) electrons. The molecule has 0 aliphatic carbocycles. The van der Waals surface area contributed by atoms with E-state index < -0.39 is 10.7 Å². The topological polar surface area (TPSA) is 63.5 Å². The van der Waals surface area contributed by atoms with E-state index >= 15 is 0 Å². The first-order valence-corrected chi connectivity index (χ1v) is 5.31. The predicted octanol–water partition coefficient (Wildman–Crippen LogP) is 2.08. The van der Waals surface area contributed by atoms with Gasteiger partial charge >= 0.3 is 0 Å². The summed E-state index contributed by atoms with van der Waals surface area (Å²) in [6.45, 7) is 0.217. The Labute approximate surface area is 101 Å². The molecule has 1 heterocycles. The van der Waals surface area contributed by atoms with Crippen LogP contribution in [-0.2, 0) is 4.79 Å². The molecule has 2 rings (SSSR count). The molecular weight excluding hydrogens is 251 g/mol. The standard InChI is InChI=1S/C10H8ClFN2O3/c11-6-3-10(15)13(5-6)9-2-1-7(14(16)17)4-8(9)12/h1-2,4,6H,3,5H2. The van der Waals surface area contributed by atoms with E-state index in [-0.39, 0.29) is 35.6 Å². The van der Waals surface area contributed by atoms with Crippen molar-refractivity contribution in [3.63, 3.8) is 0 Å². The molecule has 1 aromatic carbocycles. The number of rotatable bonds is 2. The van der Waals surface area contributed by atoms with Crippen molar-refractivity contribution < 1.29 is 14.1 Å². The number of amides is 1. The Morgan fingerprint density at radius 2 is 2.24 bits per heavy atom. The molecule has 0 aromatic heterocycles. The summed E-state index contributed by atoms with van der Waals surface area (Å²) in [4.78, 5) is 22.5. The summed E-state index contributed by atoms with van der Waals surface area (Å²) in [5.41, 5.74) is -0.316. The van der Waals surface area contributed by atoms with Gasteiger partial charge in [0.15, 0.2) is 5.82 Å². The van der Waals surface area contributed by atoms with Crippen LogP contribution in [0.3, 0.4) is 0 Å². The molecule has 1 saturated heterocycles. The van der Waals surface area contributed by atoms with Gasteiger partial charge in [0.2, 0.25) is 5.91 Å². The molecule has 0 N–H and O–H groups in total. The smallest absolute Gasteiger partial charge is 0.272 e. The molecule has 1 aliphatic rings. The van der Waals surface area contributed by atoms with Gasteiger partial charge in [0.25, 0.3) is 5.69 Å². The molecule has 0 saturated carbocycles. The molecule has 1 aromatic rings. The number of nitro groups is 1. The molecule has 1 fully saturated rings. The van der Waals surface area contributed by atoms with E-state index in [2.05, 4.69) is 0 Å². The van der Waals surface area contributed by atoms with Gasteiger partial charge in [0.1, 0.15) is 0 Å². The van der Waals surface area contributed by atoms with E-state index in [1.165, 1.54) is 11.0 Å². The second kappa shape index (κ2) is 4.29. The largest absolute Gasteiger partial charge is 0.308 e. The fraction of sp³-hybridized carbons (Fsp3) is 0.300. The molecule has 1 atom stereocenters. The lowest BCUT2D eigenvalue weighted by atomic mass is 10.2. The molecule has 1 amide bonds. The number of benzene rings is 1. The molecule has 0 bridgehead atoms. The van der Waals surface area contributed by atoms with Crippen molar-refractivity contribution >= 4 is 28.9 Å². The first kappa shape index (κ1) is 11.8. The Morgan fingerprint density at radius 1 is 1.53 bits per heavy atom. The van der Waals surface area contributed by atoms with E-state index in [9.17, 15) is 19.3 Å². The van der Waals surface area contributed by atoms with Crippen molar-refractivity contribution in [3.05, 3.63) is 34.1 Å². The van der Waals surface area contributed by atoms with E-state index in [4.69, 9.17) is 11.6 Å². The van der Waals surface area contributed by atoms with Gasteiger partial charge in [-0.3, -0.25) is 14.9 Å². The molecule has 1 aliphatic heterocycles. The number of carbonyl (C=O) groups is 1. The average Bonchev–Trinajstić information content (AvgIpc) is 2.57. The monoisotopic (exact) mass is 258 g/mol. The van der Waals surface area contributed by atoms with Crippen molar-refractivity contribution in [1.82, 2.24) is 0 Å². The maximum Gasteiger partial charge on any atom is 0.272 e. The summed E-state index contributed by atoms with van der Waals surface area (Å²) in [5, 5.41) is 10.1. The normalized spacial score (nSPS) is 19.8. The number of non-ortho nitro benzene ring substituents is 1. The summed E-state index contributed by atoms with van der Waals surface area (Å²) < 4.78 is 13.6. The van der Waals surface area contributed by atoms with Crippen molar-refractivity contribution in [2.24, 2.45) is 0 Å². The molecule has 90 valence electrons. The third-order valence-corrected chi connectivity index (χ3v) is 2.80. The third-order valence-electron chi connectivity index (χ3n) is 2.51. The van der Waals surface area contributed by atoms with Crippen LogP contribution in [0.1, 0.15) is 6.42 Å². The average molecular weight is 259 g/mol. The van der Waals surface area contributed by atoms with Gasteiger partial charge in [0, 0.05) is 19.0 Å². The number of carbonyl (C=O) groups excluding carboxylic acids is 1. The van der Waals surface area contributed by atoms with Crippen LogP contribution in [0.4, 0.5) is 15.8 Å². The minimum Gasteiger partial charge on any atom is -0.308 e. The highest BCUT2D eigenvalue weighted by Gasteiger charge is 2.31. The lowest BCUT2D eigenvalue weighted by Crippen LogP contribution is -2.25. The second-order valence-electron chi connectivity index (χ2n) is 3.70. The lowest BCUT2D eigenvalue weighted by Gasteiger charge is -2.16. The summed E-state index contributed by atoms with van der Waals surface area (Å²) in [6, 6.07) is 3.18. The van der Waals surface area contributed by atoms with Gasteiger partial charge in [-0.1, -0.05) is 0 Å². The van der Waals surface area contributed by atoms with Crippen LogP contribution in [0.15, 0.2) is 18.2 Å². The van der Waals surface area contributed by atoms with Crippen LogP contribution in [0.25, 0.3) is 0 Å². The van der Waals surface area contributed by atoms with Crippen LogP contribution in [0.2, 0.25) is 0 Å². The molecule has 1 unspecified atom stereocenters. The van der Waals surface area contributed by atoms with E-state index in [1.54, 1.807) is 0 Å². The number of anilines is 1.